The van der Waals surface area contributed by atoms with Gasteiger partial charge in [-0.2, -0.15) is 4.31 Å². The normalized spacial score (nSPS) is 15.8. The molecular formula is C24H32N2O4S. The van der Waals surface area contributed by atoms with Gasteiger partial charge in [0.1, 0.15) is 5.75 Å². The Bertz CT molecular complexity index is 977. The highest BCUT2D eigenvalue weighted by atomic mass is 32.2. The molecule has 1 aliphatic rings. The lowest BCUT2D eigenvalue weighted by molar-refractivity contribution is -0.135. The van der Waals surface area contributed by atoms with Gasteiger partial charge in [0.2, 0.25) is 15.9 Å². The average Bonchev–Trinajstić information content (AvgIpc) is 2.79. The number of amides is 1. The number of methoxy groups -OCH3 is 1. The third kappa shape index (κ3) is 5.46. The van der Waals surface area contributed by atoms with E-state index in [0.717, 1.165) is 16.9 Å². The van der Waals surface area contributed by atoms with Crippen molar-refractivity contribution in [3.8, 4) is 5.75 Å². The molecule has 0 saturated carbocycles. The molecule has 6 nitrogen and oxygen atoms in total. The first-order chi connectivity index (χ1) is 14.7. The zero-order chi connectivity index (χ0) is 22.6. The van der Waals surface area contributed by atoms with E-state index in [1.807, 2.05) is 36.4 Å². The summed E-state index contributed by atoms with van der Waals surface area (Å²) in [6, 6.07) is 14.8. The van der Waals surface area contributed by atoms with Gasteiger partial charge in [0.15, 0.2) is 0 Å². The molecule has 0 aromatic heterocycles. The summed E-state index contributed by atoms with van der Waals surface area (Å²) < 4.78 is 32.7. The van der Waals surface area contributed by atoms with Crippen LogP contribution in [-0.2, 0) is 21.4 Å². The summed E-state index contributed by atoms with van der Waals surface area (Å²) in [6.45, 7) is 5.40. The van der Waals surface area contributed by atoms with Gasteiger partial charge in [0.25, 0.3) is 0 Å². The van der Waals surface area contributed by atoms with Crippen LogP contribution in [0.4, 0.5) is 0 Å². The van der Waals surface area contributed by atoms with E-state index in [2.05, 4.69) is 13.8 Å². The van der Waals surface area contributed by atoms with Crippen molar-refractivity contribution >= 4 is 15.9 Å². The van der Waals surface area contributed by atoms with E-state index in [1.165, 1.54) is 4.31 Å². The summed E-state index contributed by atoms with van der Waals surface area (Å²) in [4.78, 5) is 14.9. The van der Waals surface area contributed by atoms with Gasteiger partial charge in [-0.05, 0) is 54.2 Å². The van der Waals surface area contributed by atoms with Crippen molar-refractivity contribution in [2.45, 2.75) is 44.0 Å². The van der Waals surface area contributed by atoms with Crippen molar-refractivity contribution in [1.29, 1.82) is 0 Å². The van der Waals surface area contributed by atoms with E-state index in [0.29, 0.717) is 43.3 Å². The van der Waals surface area contributed by atoms with Gasteiger partial charge in [-0.1, -0.05) is 38.1 Å². The molecular weight excluding hydrogens is 412 g/mol. The van der Waals surface area contributed by atoms with E-state index in [-0.39, 0.29) is 11.8 Å². The number of ether oxygens (including phenoxy) is 1. The molecule has 1 aliphatic heterocycles. The maximum Gasteiger partial charge on any atom is 0.243 e. The second-order valence-corrected chi connectivity index (χ2v) is 10.4. The zero-order valence-corrected chi connectivity index (χ0v) is 19.6. The molecule has 0 N–H and O–H groups in total. The molecule has 168 valence electrons. The Hall–Kier alpha value is -2.38. The molecule has 31 heavy (non-hydrogen) atoms. The van der Waals surface area contributed by atoms with Crippen LogP contribution in [-0.4, -0.2) is 50.8 Å². The Morgan fingerprint density at radius 1 is 1.06 bits per heavy atom. The first-order valence-electron chi connectivity index (χ1n) is 10.7. The van der Waals surface area contributed by atoms with Gasteiger partial charge in [0, 0.05) is 32.6 Å². The minimum absolute atomic E-state index is 0.0640. The van der Waals surface area contributed by atoms with Crippen molar-refractivity contribution < 1.29 is 17.9 Å². The molecule has 0 unspecified atom stereocenters. The number of hydrogen-bond donors (Lipinski definition) is 0. The summed E-state index contributed by atoms with van der Waals surface area (Å²) in [5, 5.41) is 0. The fourth-order valence-electron chi connectivity index (χ4n) is 3.91. The summed E-state index contributed by atoms with van der Waals surface area (Å²) in [5.74, 6) is 1.05. The van der Waals surface area contributed by atoms with Crippen LogP contribution in [0.15, 0.2) is 53.4 Å². The molecule has 0 aliphatic carbocycles. The van der Waals surface area contributed by atoms with Crippen LogP contribution in [0.25, 0.3) is 0 Å². The highest BCUT2D eigenvalue weighted by molar-refractivity contribution is 7.89. The van der Waals surface area contributed by atoms with Gasteiger partial charge in [-0.3, -0.25) is 4.79 Å². The summed E-state index contributed by atoms with van der Waals surface area (Å²) >= 11 is 0. The molecule has 1 amide bonds. The molecule has 3 rings (SSSR count). The minimum atomic E-state index is -3.53. The fraction of sp³-hybridized carbons (Fsp3) is 0.458. The Balaban J connectivity index is 1.58. The molecule has 0 atom stereocenters. The van der Waals surface area contributed by atoms with Gasteiger partial charge in [-0.25, -0.2) is 8.42 Å². The number of sulfonamides is 1. The predicted molar refractivity (Wildman–Crippen MR) is 121 cm³/mol. The fourth-order valence-corrected chi connectivity index (χ4v) is 5.38. The maximum atomic E-state index is 13.0. The summed E-state index contributed by atoms with van der Waals surface area (Å²) in [6.07, 6.45) is 1.07. The number of carbonyl (C=O) groups excluding carboxylic acids is 1. The smallest absolute Gasteiger partial charge is 0.243 e. The van der Waals surface area contributed by atoms with Crippen LogP contribution in [0.3, 0.4) is 0 Å². The zero-order valence-electron chi connectivity index (χ0n) is 18.7. The molecule has 0 bridgehead atoms. The topological polar surface area (TPSA) is 66.9 Å². The van der Waals surface area contributed by atoms with Gasteiger partial charge >= 0.3 is 0 Å². The predicted octanol–water partition coefficient (Wildman–Crippen LogP) is 3.88. The van der Waals surface area contributed by atoms with Crippen molar-refractivity contribution in [3.63, 3.8) is 0 Å². The number of rotatable bonds is 7. The number of nitrogens with zero attached hydrogens (tertiary/aromatic N) is 2. The Morgan fingerprint density at radius 3 is 2.16 bits per heavy atom. The quantitative estimate of drug-likeness (QED) is 0.650. The van der Waals surface area contributed by atoms with Crippen LogP contribution in [0.2, 0.25) is 0 Å². The van der Waals surface area contributed by atoms with Crippen molar-refractivity contribution in [1.82, 2.24) is 9.21 Å². The Kier molecular flexibility index (Phi) is 7.38. The summed E-state index contributed by atoms with van der Waals surface area (Å²) in [5.41, 5.74) is 2.14. The average molecular weight is 445 g/mol. The van der Waals surface area contributed by atoms with E-state index in [4.69, 9.17) is 4.74 Å². The monoisotopic (exact) mass is 444 g/mol. The Morgan fingerprint density at radius 2 is 1.65 bits per heavy atom. The van der Waals surface area contributed by atoms with Crippen LogP contribution < -0.4 is 4.74 Å². The number of piperidine rings is 1. The molecule has 1 saturated heterocycles. The minimum Gasteiger partial charge on any atom is -0.497 e. The van der Waals surface area contributed by atoms with Gasteiger partial charge in [0.05, 0.1) is 12.0 Å². The number of benzene rings is 2. The molecule has 0 spiro atoms. The molecule has 1 heterocycles. The lowest BCUT2D eigenvalue weighted by Crippen LogP contribution is -2.43. The van der Waals surface area contributed by atoms with Crippen LogP contribution in [0.5, 0.6) is 5.75 Å². The van der Waals surface area contributed by atoms with E-state index in [9.17, 15) is 13.2 Å². The van der Waals surface area contributed by atoms with Gasteiger partial charge in [-0.15, -0.1) is 0 Å². The standard InChI is InChI=1S/C24H32N2O4S/c1-18(2)20-7-11-23(12-8-20)31(28,29)26-15-13-21(14-16-26)24(27)25(3)17-19-5-9-22(30-4)10-6-19/h5-12,18,21H,13-17H2,1-4H3. The third-order valence-electron chi connectivity index (χ3n) is 5.94. The van der Waals surface area contributed by atoms with E-state index >= 15 is 0 Å². The lowest BCUT2D eigenvalue weighted by atomic mass is 9.96. The van der Waals surface area contributed by atoms with Crippen LogP contribution in [0, 0.1) is 5.92 Å². The third-order valence-corrected chi connectivity index (χ3v) is 7.86. The first-order valence-corrected chi connectivity index (χ1v) is 12.1. The largest absolute Gasteiger partial charge is 0.497 e. The summed E-state index contributed by atoms with van der Waals surface area (Å²) in [7, 11) is -0.112. The highest BCUT2D eigenvalue weighted by Gasteiger charge is 2.33. The second-order valence-electron chi connectivity index (χ2n) is 8.44. The highest BCUT2D eigenvalue weighted by Crippen LogP contribution is 2.26. The molecule has 7 heteroatoms. The number of carbonyl (C=O) groups is 1. The number of hydrogen-bond acceptors (Lipinski definition) is 4. The molecule has 2 aromatic rings. The van der Waals surface area contributed by atoms with Crippen molar-refractivity contribution in [2.24, 2.45) is 5.92 Å². The van der Waals surface area contributed by atoms with Crippen molar-refractivity contribution in [3.05, 3.63) is 59.7 Å². The SMILES string of the molecule is COc1ccc(CN(C)C(=O)C2CCN(S(=O)(=O)c3ccc(C(C)C)cc3)CC2)cc1. The van der Waals surface area contributed by atoms with Crippen LogP contribution in [0.1, 0.15) is 43.7 Å². The van der Waals surface area contributed by atoms with E-state index < -0.39 is 10.0 Å². The molecule has 0 radical (unpaired) electrons. The van der Waals surface area contributed by atoms with Crippen LogP contribution >= 0.6 is 0 Å². The lowest BCUT2D eigenvalue weighted by Gasteiger charge is -2.32. The molecule has 2 aromatic carbocycles. The maximum absolute atomic E-state index is 13.0. The Labute approximate surface area is 185 Å². The second kappa shape index (κ2) is 9.83. The van der Waals surface area contributed by atoms with Crippen molar-refractivity contribution in [2.75, 3.05) is 27.2 Å². The van der Waals surface area contributed by atoms with Gasteiger partial charge < -0.3 is 9.64 Å². The first kappa shape index (κ1) is 23.3. The van der Waals surface area contributed by atoms with E-state index in [1.54, 1.807) is 31.2 Å². The molecule has 1 fully saturated rings.